The highest BCUT2D eigenvalue weighted by molar-refractivity contribution is 7.80. The summed E-state index contributed by atoms with van der Waals surface area (Å²) in [5.74, 6) is 0.639. The largest absolute Gasteiger partial charge is 0.454 e. The molecule has 2 heterocycles. The maximum absolute atomic E-state index is 12.9. The summed E-state index contributed by atoms with van der Waals surface area (Å²) in [5.41, 5.74) is 2.89. The Labute approximate surface area is 186 Å². The Hall–Kier alpha value is -3.00. The van der Waals surface area contributed by atoms with E-state index in [1.165, 1.54) is 5.56 Å². The fourth-order valence-electron chi connectivity index (χ4n) is 3.67. The smallest absolute Gasteiger partial charge is 0.241 e. The molecule has 2 amide bonds. The molecule has 8 heteroatoms. The number of unbranched alkanes of at least 4 members (excludes halogenated alkanes) is 2. The van der Waals surface area contributed by atoms with Crippen LogP contribution < -0.4 is 5.32 Å². The van der Waals surface area contributed by atoms with Gasteiger partial charge in [0.1, 0.15) is 5.92 Å². The third-order valence-electron chi connectivity index (χ3n) is 5.47. The molecule has 162 valence electrons. The molecule has 0 bridgehead atoms. The van der Waals surface area contributed by atoms with Gasteiger partial charge in [-0.2, -0.15) is 0 Å². The molecule has 0 saturated carbocycles. The van der Waals surface area contributed by atoms with E-state index in [1.807, 2.05) is 31.2 Å². The fourth-order valence-corrected chi connectivity index (χ4v) is 3.95. The Kier molecular flexibility index (Phi) is 6.46. The number of carbonyl (C=O) groups is 2. The van der Waals surface area contributed by atoms with Gasteiger partial charge in [0, 0.05) is 25.6 Å². The first-order valence-corrected chi connectivity index (χ1v) is 10.9. The first-order chi connectivity index (χ1) is 15.0. The number of hydrogen-bond donors (Lipinski definition) is 1. The minimum atomic E-state index is -0.486. The number of amides is 2. The van der Waals surface area contributed by atoms with Crippen molar-refractivity contribution in [3.63, 3.8) is 0 Å². The molecule has 1 saturated heterocycles. The Balaban J connectivity index is 1.19. The second kappa shape index (κ2) is 9.43. The number of ether oxygens (including phenoxy) is 2. The maximum Gasteiger partial charge on any atom is 0.241 e. The Morgan fingerprint density at radius 3 is 2.77 bits per heavy atom. The van der Waals surface area contributed by atoms with Crippen molar-refractivity contribution in [1.29, 1.82) is 0 Å². The van der Waals surface area contributed by atoms with Crippen LogP contribution >= 0.6 is 12.2 Å². The van der Waals surface area contributed by atoms with E-state index in [9.17, 15) is 9.59 Å². The molecule has 1 aromatic carbocycles. The van der Waals surface area contributed by atoms with Gasteiger partial charge in [0.2, 0.25) is 23.7 Å². The molecule has 1 aromatic rings. The zero-order valence-electron chi connectivity index (χ0n) is 17.4. The van der Waals surface area contributed by atoms with Crippen molar-refractivity contribution in [1.82, 2.24) is 10.2 Å². The monoisotopic (exact) mass is 439 g/mol. The maximum atomic E-state index is 12.9. The SMILES string of the molecule is Cc1ccc(CNC(=O)CCCCCN2C(=O)C3C=C4OCOC4=CC3=NC2=S)cc1. The normalized spacial score (nSPS) is 19.5. The number of aliphatic imine (C=N–C) groups is 1. The van der Waals surface area contributed by atoms with E-state index in [4.69, 9.17) is 21.7 Å². The molecule has 0 spiro atoms. The van der Waals surface area contributed by atoms with Gasteiger partial charge < -0.3 is 14.8 Å². The van der Waals surface area contributed by atoms with Crippen LogP contribution in [0.15, 0.2) is 52.9 Å². The van der Waals surface area contributed by atoms with Gasteiger partial charge >= 0.3 is 0 Å². The van der Waals surface area contributed by atoms with E-state index < -0.39 is 5.92 Å². The number of nitrogens with zero attached hydrogens (tertiary/aromatic N) is 2. The van der Waals surface area contributed by atoms with Crippen molar-refractivity contribution in [2.24, 2.45) is 10.9 Å². The van der Waals surface area contributed by atoms with Crippen LogP contribution in [0.2, 0.25) is 0 Å². The first kappa shape index (κ1) is 21.2. The summed E-state index contributed by atoms with van der Waals surface area (Å²) in [6.07, 6.45) is 6.28. The summed E-state index contributed by atoms with van der Waals surface area (Å²) in [6, 6.07) is 8.11. The number of nitrogens with one attached hydrogen (secondary N) is 1. The molecule has 4 rings (SSSR count). The summed E-state index contributed by atoms with van der Waals surface area (Å²) in [5, 5.41) is 3.22. The highest BCUT2D eigenvalue weighted by Crippen LogP contribution is 2.31. The fraction of sp³-hybridized carbons (Fsp3) is 0.391. The number of fused-ring (bicyclic) bond motifs is 2. The number of allylic oxidation sites excluding steroid dienone is 1. The van der Waals surface area contributed by atoms with Gasteiger partial charge in [-0.3, -0.25) is 14.5 Å². The average molecular weight is 440 g/mol. The summed E-state index contributed by atoms with van der Waals surface area (Å²) in [6.45, 7) is 3.22. The lowest BCUT2D eigenvalue weighted by atomic mass is 9.93. The van der Waals surface area contributed by atoms with E-state index in [-0.39, 0.29) is 23.7 Å². The molecule has 1 unspecified atom stereocenters. The van der Waals surface area contributed by atoms with Crippen molar-refractivity contribution in [3.8, 4) is 0 Å². The standard InChI is InChI=1S/C23H25N3O4S/c1-15-6-8-16(9-7-15)13-24-21(27)5-3-2-4-10-26-22(28)17-11-19-20(30-14-29-19)12-18(17)25-23(26)31/h6-9,11-12,17H,2-5,10,13-14H2,1H3,(H,24,27). The van der Waals surface area contributed by atoms with E-state index in [0.29, 0.717) is 36.7 Å². The van der Waals surface area contributed by atoms with Crippen LogP contribution in [0.4, 0.5) is 0 Å². The number of thiocarbonyl (C=S) groups is 1. The third-order valence-corrected chi connectivity index (χ3v) is 5.78. The van der Waals surface area contributed by atoms with Crippen LogP contribution in [-0.2, 0) is 25.6 Å². The molecule has 0 radical (unpaired) electrons. The zero-order chi connectivity index (χ0) is 21.8. The summed E-state index contributed by atoms with van der Waals surface area (Å²) in [4.78, 5) is 30.9. The predicted molar refractivity (Wildman–Crippen MR) is 120 cm³/mol. The number of aryl methyl sites for hydroxylation is 1. The van der Waals surface area contributed by atoms with Gasteiger partial charge in [0.15, 0.2) is 11.5 Å². The van der Waals surface area contributed by atoms with Crippen LogP contribution in [-0.4, -0.2) is 40.9 Å². The van der Waals surface area contributed by atoms with Crippen molar-refractivity contribution in [2.45, 2.75) is 39.2 Å². The minimum absolute atomic E-state index is 0.0367. The Morgan fingerprint density at radius 2 is 1.97 bits per heavy atom. The average Bonchev–Trinajstić information content (AvgIpc) is 3.21. The lowest BCUT2D eigenvalue weighted by molar-refractivity contribution is -0.128. The van der Waals surface area contributed by atoms with Gasteiger partial charge in [-0.15, -0.1) is 0 Å². The molecule has 31 heavy (non-hydrogen) atoms. The minimum Gasteiger partial charge on any atom is -0.454 e. The van der Waals surface area contributed by atoms with Crippen LogP contribution in [0.3, 0.4) is 0 Å². The number of rotatable bonds is 8. The molecule has 7 nitrogen and oxygen atoms in total. The van der Waals surface area contributed by atoms with Crippen LogP contribution in [0.25, 0.3) is 0 Å². The highest BCUT2D eigenvalue weighted by atomic mass is 32.1. The second-order valence-corrected chi connectivity index (χ2v) is 8.17. The third kappa shape index (κ3) is 5.02. The van der Waals surface area contributed by atoms with Crippen molar-refractivity contribution in [2.75, 3.05) is 13.3 Å². The number of benzene rings is 1. The number of hydrogen-bond acceptors (Lipinski definition) is 5. The number of carbonyl (C=O) groups excluding carboxylic acids is 2. The first-order valence-electron chi connectivity index (χ1n) is 10.5. The molecule has 1 atom stereocenters. The summed E-state index contributed by atoms with van der Waals surface area (Å²) in [7, 11) is 0. The summed E-state index contributed by atoms with van der Waals surface area (Å²) < 4.78 is 10.7. The van der Waals surface area contributed by atoms with Gasteiger partial charge in [-0.05, 0) is 43.6 Å². The van der Waals surface area contributed by atoms with Gasteiger partial charge in [0.05, 0.1) is 5.71 Å². The van der Waals surface area contributed by atoms with Crippen molar-refractivity contribution in [3.05, 3.63) is 59.1 Å². The molecule has 2 aliphatic heterocycles. The van der Waals surface area contributed by atoms with E-state index in [1.54, 1.807) is 17.1 Å². The van der Waals surface area contributed by atoms with Crippen molar-refractivity contribution < 1.29 is 19.1 Å². The van der Waals surface area contributed by atoms with Gasteiger partial charge in [0.25, 0.3) is 0 Å². The molecular formula is C23H25N3O4S. The van der Waals surface area contributed by atoms with Crippen LogP contribution in [0, 0.1) is 12.8 Å². The predicted octanol–water partition coefficient (Wildman–Crippen LogP) is 3.14. The van der Waals surface area contributed by atoms with E-state index in [2.05, 4.69) is 10.3 Å². The van der Waals surface area contributed by atoms with E-state index in [0.717, 1.165) is 24.8 Å². The Bertz CT molecular complexity index is 981. The molecule has 0 aromatic heterocycles. The van der Waals surface area contributed by atoms with E-state index >= 15 is 0 Å². The van der Waals surface area contributed by atoms with Crippen LogP contribution in [0.1, 0.15) is 36.8 Å². The zero-order valence-corrected chi connectivity index (χ0v) is 18.2. The van der Waals surface area contributed by atoms with Gasteiger partial charge in [-0.1, -0.05) is 36.2 Å². The molecule has 1 fully saturated rings. The highest BCUT2D eigenvalue weighted by Gasteiger charge is 2.38. The lowest BCUT2D eigenvalue weighted by Gasteiger charge is -2.30. The molecule has 1 aliphatic carbocycles. The second-order valence-electron chi connectivity index (χ2n) is 7.81. The molecule has 1 N–H and O–H groups in total. The lowest BCUT2D eigenvalue weighted by Crippen LogP contribution is -2.46. The summed E-state index contributed by atoms with van der Waals surface area (Å²) >= 11 is 5.33. The molecular weight excluding hydrogens is 414 g/mol. The quantitative estimate of drug-likeness (QED) is 0.497. The Morgan fingerprint density at radius 1 is 1.19 bits per heavy atom. The van der Waals surface area contributed by atoms with Crippen LogP contribution in [0.5, 0.6) is 0 Å². The van der Waals surface area contributed by atoms with Gasteiger partial charge in [-0.25, -0.2) is 4.99 Å². The molecule has 3 aliphatic rings. The van der Waals surface area contributed by atoms with Crippen molar-refractivity contribution >= 4 is 34.9 Å². The topological polar surface area (TPSA) is 80.2 Å².